The number of nitrogens with one attached hydrogen (secondary N) is 1. The van der Waals surface area contributed by atoms with E-state index in [2.05, 4.69) is 26.5 Å². The zero-order chi connectivity index (χ0) is 15.1. The van der Waals surface area contributed by atoms with E-state index in [1.165, 1.54) is 0 Å². The number of hydrogen-bond donors (Lipinski definition) is 2. The third kappa shape index (κ3) is 5.13. The van der Waals surface area contributed by atoms with Gasteiger partial charge in [0, 0.05) is 10.0 Å². The first kappa shape index (κ1) is 15.4. The Morgan fingerprint density at radius 2 is 1.76 bits per heavy atom. The minimum absolute atomic E-state index is 0.139. The highest BCUT2D eigenvalue weighted by Gasteiger charge is 1.99. The van der Waals surface area contributed by atoms with E-state index in [9.17, 15) is 0 Å². The molecule has 2 aromatic rings. The van der Waals surface area contributed by atoms with Crippen LogP contribution in [0.1, 0.15) is 11.1 Å². The van der Waals surface area contributed by atoms with Crippen molar-refractivity contribution in [1.29, 1.82) is 0 Å². The Labute approximate surface area is 137 Å². The summed E-state index contributed by atoms with van der Waals surface area (Å²) < 4.78 is 1.05. The zero-order valence-electron chi connectivity index (χ0n) is 11.2. The van der Waals surface area contributed by atoms with Crippen LogP contribution in [0.4, 0.5) is 0 Å². The predicted octanol–water partition coefficient (Wildman–Crippen LogP) is 3.70. The van der Waals surface area contributed by atoms with Crippen molar-refractivity contribution in [3.8, 4) is 0 Å². The van der Waals surface area contributed by atoms with Gasteiger partial charge in [0.1, 0.15) is 0 Å². The Hall–Kier alpha value is -1.98. The maximum atomic E-state index is 5.43. The van der Waals surface area contributed by atoms with E-state index in [0.29, 0.717) is 0 Å². The van der Waals surface area contributed by atoms with E-state index in [1.54, 1.807) is 0 Å². The number of thiocarbonyl (C=S) groups is 1. The molecule has 2 rings (SSSR count). The lowest BCUT2D eigenvalue weighted by Gasteiger charge is -2.03. The van der Waals surface area contributed by atoms with Crippen LogP contribution < -0.4 is 11.2 Å². The number of allylic oxidation sites excluding steroid dienone is 1. The van der Waals surface area contributed by atoms with Gasteiger partial charge in [0.25, 0.3) is 0 Å². The largest absolute Gasteiger partial charge is 0.375 e. The summed E-state index contributed by atoms with van der Waals surface area (Å²) in [4.78, 5) is 0. The molecule has 0 aliphatic heterocycles. The minimum Gasteiger partial charge on any atom is -0.375 e. The second-order valence-electron chi connectivity index (χ2n) is 4.22. The number of benzene rings is 2. The van der Waals surface area contributed by atoms with E-state index in [4.69, 9.17) is 18.0 Å². The number of nitrogens with two attached hydrogens (primary N) is 1. The van der Waals surface area contributed by atoms with E-state index >= 15 is 0 Å². The Kier molecular flexibility index (Phi) is 5.66. The Morgan fingerprint density at radius 3 is 2.38 bits per heavy atom. The van der Waals surface area contributed by atoms with Crippen molar-refractivity contribution in [2.24, 2.45) is 10.8 Å². The van der Waals surface area contributed by atoms with Crippen molar-refractivity contribution in [1.82, 2.24) is 5.43 Å². The van der Waals surface area contributed by atoms with E-state index in [-0.39, 0.29) is 5.11 Å². The molecule has 0 bridgehead atoms. The summed E-state index contributed by atoms with van der Waals surface area (Å²) in [7, 11) is 0. The summed E-state index contributed by atoms with van der Waals surface area (Å²) in [6, 6.07) is 17.9. The van der Waals surface area contributed by atoms with Gasteiger partial charge in [-0.25, -0.2) is 0 Å². The molecular formula is C16H14BrN3S. The summed E-state index contributed by atoms with van der Waals surface area (Å²) in [6.07, 6.45) is 3.91. The lowest BCUT2D eigenvalue weighted by molar-refractivity contribution is 1.03. The molecule has 3 nitrogen and oxygen atoms in total. The molecule has 0 spiro atoms. The molecule has 21 heavy (non-hydrogen) atoms. The fourth-order valence-electron chi connectivity index (χ4n) is 1.67. The lowest BCUT2D eigenvalue weighted by Crippen LogP contribution is -2.25. The highest BCUT2D eigenvalue weighted by molar-refractivity contribution is 9.10. The van der Waals surface area contributed by atoms with Gasteiger partial charge in [0.2, 0.25) is 0 Å². The molecule has 0 aliphatic carbocycles. The van der Waals surface area contributed by atoms with Crippen molar-refractivity contribution in [3.05, 3.63) is 76.3 Å². The van der Waals surface area contributed by atoms with Crippen LogP contribution in [0.2, 0.25) is 0 Å². The maximum Gasteiger partial charge on any atom is 0.184 e. The first-order valence-electron chi connectivity index (χ1n) is 6.27. The van der Waals surface area contributed by atoms with Crippen molar-refractivity contribution in [3.63, 3.8) is 0 Å². The molecule has 0 aromatic heterocycles. The van der Waals surface area contributed by atoms with Gasteiger partial charge in [0.05, 0.1) is 5.71 Å². The van der Waals surface area contributed by atoms with Crippen LogP contribution in [0, 0.1) is 0 Å². The fourth-order valence-corrected chi connectivity index (χ4v) is 1.98. The van der Waals surface area contributed by atoms with Crippen molar-refractivity contribution < 1.29 is 0 Å². The fraction of sp³-hybridized carbons (Fsp3) is 0. The lowest BCUT2D eigenvalue weighted by atomic mass is 10.1. The van der Waals surface area contributed by atoms with Crippen LogP contribution >= 0.6 is 28.1 Å². The minimum atomic E-state index is 0.139. The van der Waals surface area contributed by atoms with Crippen LogP contribution in [-0.2, 0) is 0 Å². The Bertz CT molecular complexity index is 664. The second kappa shape index (κ2) is 7.71. The van der Waals surface area contributed by atoms with Crippen LogP contribution in [0.25, 0.3) is 6.08 Å². The van der Waals surface area contributed by atoms with Crippen molar-refractivity contribution >= 4 is 45.0 Å². The quantitative estimate of drug-likeness (QED) is 0.497. The molecule has 0 radical (unpaired) electrons. The van der Waals surface area contributed by atoms with Gasteiger partial charge in [-0.15, -0.1) is 0 Å². The van der Waals surface area contributed by atoms with Gasteiger partial charge in [-0.3, -0.25) is 5.43 Å². The molecular weight excluding hydrogens is 346 g/mol. The van der Waals surface area contributed by atoms with Crippen molar-refractivity contribution in [2.75, 3.05) is 0 Å². The van der Waals surface area contributed by atoms with Gasteiger partial charge in [-0.05, 0) is 36.0 Å². The number of hydrogen-bond acceptors (Lipinski definition) is 2. The summed E-state index contributed by atoms with van der Waals surface area (Å²) >= 11 is 8.20. The van der Waals surface area contributed by atoms with E-state index < -0.39 is 0 Å². The molecule has 2 aromatic carbocycles. The molecule has 0 saturated heterocycles. The molecule has 0 aliphatic rings. The third-order valence-electron chi connectivity index (χ3n) is 2.66. The Balaban J connectivity index is 2.26. The standard InChI is InChI=1S/C16H14BrN3S/c17-14-9-6-12(7-10-14)8-11-15(19-20-16(18)21)13-4-2-1-3-5-13/h1-11H,(H3,18,20,21)/b11-8+,19-15-. The number of halogens is 1. The molecule has 5 heteroatoms. The van der Waals surface area contributed by atoms with Gasteiger partial charge in [-0.2, -0.15) is 5.10 Å². The first-order chi connectivity index (χ1) is 10.1. The summed E-state index contributed by atoms with van der Waals surface area (Å²) in [5.41, 5.74) is 10.9. The second-order valence-corrected chi connectivity index (χ2v) is 5.58. The monoisotopic (exact) mass is 359 g/mol. The van der Waals surface area contributed by atoms with E-state index in [1.807, 2.05) is 66.7 Å². The SMILES string of the molecule is NC(=S)N/N=C(/C=C/c1ccc(Br)cc1)c1ccccc1. The average molecular weight is 360 g/mol. The average Bonchev–Trinajstić information content (AvgIpc) is 2.50. The third-order valence-corrected chi connectivity index (χ3v) is 3.28. The van der Waals surface area contributed by atoms with Crippen LogP contribution in [0.15, 0.2) is 70.2 Å². The normalized spacial score (nSPS) is 11.6. The predicted molar refractivity (Wildman–Crippen MR) is 96.1 cm³/mol. The molecule has 0 fully saturated rings. The summed E-state index contributed by atoms with van der Waals surface area (Å²) in [5, 5.41) is 4.37. The molecule has 106 valence electrons. The van der Waals surface area contributed by atoms with Crippen LogP contribution in [-0.4, -0.2) is 10.8 Å². The molecule has 0 atom stereocenters. The van der Waals surface area contributed by atoms with Gasteiger partial charge < -0.3 is 5.73 Å². The Morgan fingerprint density at radius 1 is 1.10 bits per heavy atom. The van der Waals surface area contributed by atoms with Crippen LogP contribution in [0.5, 0.6) is 0 Å². The molecule has 0 unspecified atom stereocenters. The summed E-state index contributed by atoms with van der Waals surface area (Å²) in [6.45, 7) is 0. The topological polar surface area (TPSA) is 50.4 Å². The molecule has 3 N–H and O–H groups in total. The number of nitrogens with zero attached hydrogens (tertiary/aromatic N) is 1. The van der Waals surface area contributed by atoms with Crippen LogP contribution in [0.3, 0.4) is 0 Å². The number of rotatable bonds is 4. The first-order valence-corrected chi connectivity index (χ1v) is 7.47. The van der Waals surface area contributed by atoms with E-state index in [0.717, 1.165) is 21.3 Å². The highest BCUT2D eigenvalue weighted by atomic mass is 79.9. The molecule has 0 amide bonds. The molecule has 0 saturated carbocycles. The maximum absolute atomic E-state index is 5.43. The highest BCUT2D eigenvalue weighted by Crippen LogP contribution is 2.12. The van der Waals surface area contributed by atoms with Crippen molar-refractivity contribution in [2.45, 2.75) is 0 Å². The van der Waals surface area contributed by atoms with Gasteiger partial charge in [0.15, 0.2) is 5.11 Å². The number of hydrazone groups is 1. The smallest absolute Gasteiger partial charge is 0.184 e. The molecule has 0 heterocycles. The van der Waals surface area contributed by atoms with Gasteiger partial charge in [-0.1, -0.05) is 64.5 Å². The zero-order valence-corrected chi connectivity index (χ0v) is 13.6. The van der Waals surface area contributed by atoms with Gasteiger partial charge >= 0.3 is 0 Å². The summed E-state index contributed by atoms with van der Waals surface area (Å²) in [5.74, 6) is 0.